The Morgan fingerprint density at radius 3 is 2.45 bits per heavy atom. The summed E-state index contributed by atoms with van der Waals surface area (Å²) in [4.78, 5) is 23.9. The van der Waals surface area contributed by atoms with E-state index in [1.54, 1.807) is 25.1 Å². The Bertz CT molecular complexity index is 583. The van der Waals surface area contributed by atoms with Crippen LogP contribution in [0.3, 0.4) is 0 Å². The third kappa shape index (κ3) is 2.51. The lowest BCUT2D eigenvalue weighted by atomic mass is 10.00. The van der Waals surface area contributed by atoms with E-state index in [-0.39, 0.29) is 0 Å². The maximum atomic E-state index is 12.1. The Labute approximate surface area is 126 Å². The minimum Gasteiger partial charge on any atom is -0.322 e. The first-order valence-corrected chi connectivity index (χ1v) is 6.79. The van der Waals surface area contributed by atoms with Gasteiger partial charge in [0.25, 0.3) is 5.91 Å². The van der Waals surface area contributed by atoms with Crippen molar-refractivity contribution in [2.45, 2.75) is 25.8 Å². The molecule has 1 heterocycles. The lowest BCUT2D eigenvalue weighted by molar-refractivity contribution is -0.130. The molecule has 0 radical (unpaired) electrons. The molecule has 20 heavy (non-hydrogen) atoms. The highest BCUT2D eigenvalue weighted by Crippen LogP contribution is 2.24. The van der Waals surface area contributed by atoms with E-state index in [2.05, 4.69) is 10.4 Å². The summed E-state index contributed by atoms with van der Waals surface area (Å²) < 4.78 is 0. The van der Waals surface area contributed by atoms with Crippen molar-refractivity contribution in [1.29, 1.82) is 0 Å². The summed E-state index contributed by atoms with van der Waals surface area (Å²) in [5.41, 5.74) is -0.458. The molecule has 1 aliphatic heterocycles. The summed E-state index contributed by atoms with van der Waals surface area (Å²) in [5.74, 6) is -0.399. The molecule has 0 spiro atoms. The Kier molecular flexibility index (Phi) is 4.01. The van der Waals surface area contributed by atoms with E-state index in [1.807, 2.05) is 6.92 Å². The minimum absolute atomic E-state index is 0.395. The van der Waals surface area contributed by atoms with E-state index in [0.29, 0.717) is 22.0 Å². The van der Waals surface area contributed by atoms with Gasteiger partial charge in [0.05, 0.1) is 16.3 Å². The number of imide groups is 1. The monoisotopic (exact) mass is 313 g/mol. The lowest BCUT2D eigenvalue weighted by Gasteiger charge is -2.17. The van der Waals surface area contributed by atoms with Gasteiger partial charge in [-0.05, 0) is 25.5 Å². The molecule has 1 fully saturated rings. The van der Waals surface area contributed by atoms with Gasteiger partial charge in [-0.15, -0.1) is 5.01 Å². The second-order valence-electron chi connectivity index (χ2n) is 4.61. The van der Waals surface area contributed by atoms with Crippen molar-refractivity contribution in [2.75, 3.05) is 0 Å². The number of benzene rings is 1. The molecule has 5 nitrogen and oxygen atoms in total. The molecule has 0 bridgehead atoms. The first-order chi connectivity index (χ1) is 9.39. The van der Waals surface area contributed by atoms with Gasteiger partial charge in [-0.2, -0.15) is 5.10 Å². The maximum absolute atomic E-state index is 12.1. The zero-order chi connectivity index (χ0) is 14.9. The van der Waals surface area contributed by atoms with Crippen LogP contribution in [0.15, 0.2) is 23.3 Å². The maximum Gasteiger partial charge on any atom is 0.346 e. The Morgan fingerprint density at radius 2 is 1.95 bits per heavy atom. The zero-order valence-electron chi connectivity index (χ0n) is 11.0. The molecule has 2 rings (SSSR count). The van der Waals surface area contributed by atoms with Gasteiger partial charge < -0.3 is 5.32 Å². The number of amides is 3. The fourth-order valence-electron chi connectivity index (χ4n) is 1.76. The van der Waals surface area contributed by atoms with Gasteiger partial charge in [0.1, 0.15) is 5.54 Å². The normalized spacial score (nSPS) is 22.7. The summed E-state index contributed by atoms with van der Waals surface area (Å²) in [7, 11) is 0. The van der Waals surface area contributed by atoms with Crippen molar-refractivity contribution in [3.8, 4) is 0 Å². The van der Waals surface area contributed by atoms with E-state index in [4.69, 9.17) is 23.2 Å². The average Bonchev–Trinajstić information content (AvgIpc) is 2.61. The van der Waals surface area contributed by atoms with Crippen molar-refractivity contribution in [2.24, 2.45) is 5.10 Å². The van der Waals surface area contributed by atoms with Gasteiger partial charge >= 0.3 is 6.03 Å². The molecule has 1 atom stereocenters. The summed E-state index contributed by atoms with van der Waals surface area (Å²) in [6.45, 7) is 3.47. The second kappa shape index (κ2) is 5.42. The molecule has 1 aromatic rings. The van der Waals surface area contributed by atoms with Crippen LogP contribution in [0.1, 0.15) is 25.8 Å². The Morgan fingerprint density at radius 1 is 1.35 bits per heavy atom. The molecule has 1 aromatic carbocycles. The molecular weight excluding hydrogens is 301 g/mol. The molecule has 1 aliphatic rings. The highest BCUT2D eigenvalue weighted by Gasteiger charge is 2.46. The van der Waals surface area contributed by atoms with Crippen LogP contribution in [0, 0.1) is 0 Å². The fourth-order valence-corrected chi connectivity index (χ4v) is 2.26. The molecule has 0 aliphatic carbocycles. The fraction of sp³-hybridized carbons (Fsp3) is 0.308. The van der Waals surface area contributed by atoms with Crippen LogP contribution in [0.4, 0.5) is 4.79 Å². The zero-order valence-corrected chi connectivity index (χ0v) is 12.5. The van der Waals surface area contributed by atoms with Crippen molar-refractivity contribution in [1.82, 2.24) is 10.3 Å². The number of carbonyl (C=O) groups is 2. The summed E-state index contributed by atoms with van der Waals surface area (Å²) in [5, 5.41) is 8.09. The van der Waals surface area contributed by atoms with Crippen molar-refractivity contribution < 1.29 is 9.59 Å². The van der Waals surface area contributed by atoms with Gasteiger partial charge in [-0.1, -0.05) is 36.2 Å². The van der Waals surface area contributed by atoms with E-state index >= 15 is 0 Å². The average molecular weight is 314 g/mol. The molecule has 1 saturated heterocycles. The van der Waals surface area contributed by atoms with Crippen LogP contribution in [-0.4, -0.2) is 28.7 Å². The number of hydrazone groups is 1. The number of hydrogen-bond acceptors (Lipinski definition) is 3. The molecule has 0 aromatic heterocycles. The predicted octanol–water partition coefficient (Wildman–Crippen LogP) is 3.05. The molecule has 7 heteroatoms. The van der Waals surface area contributed by atoms with Crippen LogP contribution >= 0.6 is 23.2 Å². The molecule has 1 unspecified atom stereocenters. The van der Waals surface area contributed by atoms with Gasteiger partial charge in [-0.25, -0.2) is 4.79 Å². The van der Waals surface area contributed by atoms with E-state index in [9.17, 15) is 9.59 Å². The number of urea groups is 1. The molecule has 0 saturated carbocycles. The molecule has 3 amide bonds. The van der Waals surface area contributed by atoms with Crippen LogP contribution in [0.2, 0.25) is 10.0 Å². The van der Waals surface area contributed by atoms with Gasteiger partial charge in [0, 0.05) is 5.56 Å². The number of nitrogens with zero attached hydrogens (tertiary/aromatic N) is 2. The van der Waals surface area contributed by atoms with Crippen molar-refractivity contribution >= 4 is 41.4 Å². The SMILES string of the molecule is CCC1(C)NC(=O)N(N=Cc2c(Cl)cccc2Cl)C1=O. The highest BCUT2D eigenvalue weighted by molar-refractivity contribution is 6.38. The third-order valence-electron chi connectivity index (χ3n) is 3.25. The minimum atomic E-state index is -0.918. The van der Waals surface area contributed by atoms with Gasteiger partial charge in [-0.3, -0.25) is 4.79 Å². The Hall–Kier alpha value is -1.59. The summed E-state index contributed by atoms with van der Waals surface area (Å²) in [6.07, 6.45) is 1.79. The van der Waals surface area contributed by atoms with E-state index in [1.165, 1.54) is 6.21 Å². The van der Waals surface area contributed by atoms with Gasteiger partial charge in [0.2, 0.25) is 0 Å². The Balaban J connectivity index is 2.29. The number of rotatable bonds is 3. The first-order valence-electron chi connectivity index (χ1n) is 6.03. The van der Waals surface area contributed by atoms with Crippen molar-refractivity contribution in [3.05, 3.63) is 33.8 Å². The molecule has 106 valence electrons. The number of hydrogen-bond donors (Lipinski definition) is 1. The van der Waals surface area contributed by atoms with Crippen LogP contribution < -0.4 is 5.32 Å². The smallest absolute Gasteiger partial charge is 0.322 e. The first kappa shape index (κ1) is 14.8. The molecule has 1 N–H and O–H groups in total. The van der Waals surface area contributed by atoms with Gasteiger partial charge in [0.15, 0.2) is 0 Å². The summed E-state index contributed by atoms with van der Waals surface area (Å²) in [6, 6.07) is 4.44. The topological polar surface area (TPSA) is 61.8 Å². The third-order valence-corrected chi connectivity index (χ3v) is 3.91. The quantitative estimate of drug-likeness (QED) is 0.688. The number of halogens is 2. The van der Waals surface area contributed by atoms with E-state index < -0.39 is 17.5 Å². The summed E-state index contributed by atoms with van der Waals surface area (Å²) >= 11 is 12.0. The lowest BCUT2D eigenvalue weighted by Crippen LogP contribution is -2.42. The number of carbonyl (C=O) groups excluding carboxylic acids is 2. The van der Waals surface area contributed by atoms with Crippen LogP contribution in [0.5, 0.6) is 0 Å². The molecular formula is C13H13Cl2N3O2. The van der Waals surface area contributed by atoms with E-state index in [0.717, 1.165) is 5.01 Å². The largest absolute Gasteiger partial charge is 0.346 e. The second-order valence-corrected chi connectivity index (χ2v) is 5.43. The number of nitrogens with one attached hydrogen (secondary N) is 1. The highest BCUT2D eigenvalue weighted by atomic mass is 35.5. The van der Waals surface area contributed by atoms with Crippen LogP contribution in [0.25, 0.3) is 0 Å². The predicted molar refractivity (Wildman–Crippen MR) is 78.1 cm³/mol. The standard InChI is InChI=1S/C13H13Cl2N3O2/c1-3-13(2)11(19)18(12(20)17-13)16-7-8-9(14)5-4-6-10(8)15/h4-7H,3H2,1-2H3,(H,17,20). The van der Waals surface area contributed by atoms with Crippen molar-refractivity contribution in [3.63, 3.8) is 0 Å². The van der Waals surface area contributed by atoms with Crippen LogP contribution in [-0.2, 0) is 4.79 Å².